The second-order valence-corrected chi connectivity index (χ2v) is 7.39. The maximum absolute atomic E-state index is 12.8. The number of Topliss-reactive ketones (excluding diaryl/α,β-unsaturated/α-hetero) is 2. The van der Waals surface area contributed by atoms with Crippen LogP contribution in [0.5, 0.6) is 0 Å². The molecule has 2 atom stereocenters. The van der Waals surface area contributed by atoms with Gasteiger partial charge in [0.05, 0.1) is 0 Å². The lowest BCUT2D eigenvalue weighted by Crippen LogP contribution is -2.27. The maximum atomic E-state index is 12.8. The highest BCUT2D eigenvalue weighted by Gasteiger charge is 2.32. The second kappa shape index (κ2) is 7.89. The molecule has 1 aliphatic carbocycles. The highest BCUT2D eigenvalue weighted by Crippen LogP contribution is 2.37. The van der Waals surface area contributed by atoms with Crippen molar-refractivity contribution in [3.63, 3.8) is 0 Å². The fourth-order valence-electron chi connectivity index (χ4n) is 3.61. The molecule has 0 spiro atoms. The van der Waals surface area contributed by atoms with Crippen molar-refractivity contribution in [2.45, 2.75) is 38.0 Å². The third-order valence-electron chi connectivity index (χ3n) is 4.87. The molecule has 0 N–H and O–H groups in total. The second-order valence-electron chi connectivity index (χ2n) is 6.47. The van der Waals surface area contributed by atoms with Crippen molar-refractivity contribution in [2.75, 3.05) is 0 Å². The van der Waals surface area contributed by atoms with Crippen molar-refractivity contribution in [2.24, 2.45) is 5.92 Å². The zero-order valence-corrected chi connectivity index (χ0v) is 15.2. The lowest BCUT2D eigenvalue weighted by atomic mass is 9.73. The van der Waals surface area contributed by atoms with Gasteiger partial charge >= 0.3 is 0 Å². The minimum Gasteiger partial charge on any atom is -0.299 e. The Morgan fingerprint density at radius 3 is 2.58 bits per heavy atom. The van der Waals surface area contributed by atoms with E-state index in [0.717, 1.165) is 29.3 Å². The molecule has 0 amide bonds. The third-order valence-corrected chi connectivity index (χ3v) is 5.36. The van der Waals surface area contributed by atoms with E-state index < -0.39 is 0 Å². The number of halogens is 1. The summed E-state index contributed by atoms with van der Waals surface area (Å²) in [5, 5.41) is 0. The molecule has 2 aromatic rings. The highest BCUT2D eigenvalue weighted by molar-refractivity contribution is 9.10. The molecule has 0 unspecified atom stereocenters. The van der Waals surface area contributed by atoms with Gasteiger partial charge in [-0.2, -0.15) is 0 Å². The van der Waals surface area contributed by atoms with E-state index in [9.17, 15) is 9.59 Å². The number of hydrogen-bond donors (Lipinski definition) is 0. The Hall–Kier alpha value is -1.74. The van der Waals surface area contributed by atoms with Crippen molar-refractivity contribution < 1.29 is 9.59 Å². The van der Waals surface area contributed by atoms with Crippen LogP contribution in [-0.4, -0.2) is 11.6 Å². The quantitative estimate of drug-likeness (QED) is 0.631. The summed E-state index contributed by atoms with van der Waals surface area (Å²) < 4.78 is 0.901. The van der Waals surface area contributed by atoms with E-state index in [1.165, 1.54) is 0 Å². The molecule has 3 rings (SSSR count). The van der Waals surface area contributed by atoms with Gasteiger partial charge in [0.2, 0.25) is 0 Å². The van der Waals surface area contributed by atoms with Crippen LogP contribution in [0, 0.1) is 5.92 Å². The van der Waals surface area contributed by atoms with Crippen LogP contribution in [0.25, 0.3) is 0 Å². The lowest BCUT2D eigenvalue weighted by Gasteiger charge is -2.29. The zero-order valence-electron chi connectivity index (χ0n) is 13.6. The molecule has 3 heteroatoms. The molecule has 124 valence electrons. The van der Waals surface area contributed by atoms with Crippen molar-refractivity contribution in [3.8, 4) is 0 Å². The van der Waals surface area contributed by atoms with Gasteiger partial charge in [-0.05, 0) is 30.5 Å². The van der Waals surface area contributed by atoms with Crippen LogP contribution in [0.1, 0.15) is 53.9 Å². The first-order chi connectivity index (χ1) is 11.6. The van der Waals surface area contributed by atoms with E-state index in [1.54, 1.807) is 0 Å². The van der Waals surface area contributed by atoms with Crippen molar-refractivity contribution in [1.29, 1.82) is 0 Å². The molecule has 0 saturated heterocycles. The predicted octanol–water partition coefficient (Wildman–Crippen LogP) is 5.57. The van der Waals surface area contributed by atoms with Crippen LogP contribution >= 0.6 is 15.9 Å². The smallest absolute Gasteiger partial charge is 0.163 e. The summed E-state index contributed by atoms with van der Waals surface area (Å²) in [6, 6.07) is 17.5. The first-order valence-electron chi connectivity index (χ1n) is 8.51. The van der Waals surface area contributed by atoms with Gasteiger partial charge in [-0.1, -0.05) is 64.8 Å². The summed E-state index contributed by atoms with van der Waals surface area (Å²) >= 11 is 3.42. The summed E-state index contributed by atoms with van der Waals surface area (Å²) in [4.78, 5) is 25.3. The summed E-state index contributed by atoms with van der Waals surface area (Å²) in [7, 11) is 0. The van der Waals surface area contributed by atoms with E-state index in [2.05, 4.69) is 15.9 Å². The van der Waals surface area contributed by atoms with Crippen LogP contribution in [0.3, 0.4) is 0 Å². The van der Waals surface area contributed by atoms with E-state index in [1.807, 2.05) is 54.6 Å². The number of rotatable bonds is 5. The first-order valence-corrected chi connectivity index (χ1v) is 9.31. The number of carbonyl (C=O) groups is 2. The molecule has 0 aromatic heterocycles. The zero-order chi connectivity index (χ0) is 16.9. The predicted molar refractivity (Wildman–Crippen MR) is 99.2 cm³/mol. The Labute approximate surface area is 151 Å². The van der Waals surface area contributed by atoms with E-state index >= 15 is 0 Å². The fourth-order valence-corrected chi connectivity index (χ4v) is 4.01. The SMILES string of the molecule is O=C(C[C@@H](c1ccccc1)[C@@H]1CCCCC1=O)c1cccc(Br)c1. The van der Waals surface area contributed by atoms with Crippen LogP contribution in [-0.2, 0) is 4.79 Å². The standard InChI is InChI=1S/C21H21BrO2/c22-17-10-6-9-16(13-17)21(24)14-19(15-7-2-1-3-8-15)18-11-4-5-12-20(18)23/h1-3,6-10,13,18-19H,4-5,11-12,14H2/t18-,19-/m0/s1. The molecule has 24 heavy (non-hydrogen) atoms. The molecule has 1 saturated carbocycles. The van der Waals surface area contributed by atoms with Crippen molar-refractivity contribution in [3.05, 3.63) is 70.2 Å². The summed E-state index contributed by atoms with van der Waals surface area (Å²) in [5.74, 6) is 0.364. The Morgan fingerprint density at radius 1 is 1.08 bits per heavy atom. The Balaban J connectivity index is 1.87. The van der Waals surface area contributed by atoms with Crippen LogP contribution in [0.4, 0.5) is 0 Å². The van der Waals surface area contributed by atoms with Gasteiger partial charge in [0.1, 0.15) is 5.78 Å². The monoisotopic (exact) mass is 384 g/mol. The van der Waals surface area contributed by atoms with Gasteiger partial charge in [0.15, 0.2) is 5.78 Å². The molecular weight excluding hydrogens is 364 g/mol. The number of hydrogen-bond acceptors (Lipinski definition) is 2. The van der Waals surface area contributed by atoms with Crippen LogP contribution < -0.4 is 0 Å². The van der Waals surface area contributed by atoms with Crippen molar-refractivity contribution >= 4 is 27.5 Å². The van der Waals surface area contributed by atoms with E-state index in [-0.39, 0.29) is 17.6 Å². The fraction of sp³-hybridized carbons (Fsp3) is 0.333. The molecule has 2 nitrogen and oxygen atoms in total. The molecule has 0 bridgehead atoms. The molecule has 0 aliphatic heterocycles. The number of carbonyl (C=O) groups excluding carboxylic acids is 2. The molecule has 2 aromatic carbocycles. The van der Waals surface area contributed by atoms with Gasteiger partial charge < -0.3 is 0 Å². The summed E-state index contributed by atoms with van der Waals surface area (Å²) in [6.45, 7) is 0. The largest absolute Gasteiger partial charge is 0.299 e. The summed E-state index contributed by atoms with van der Waals surface area (Å²) in [6.07, 6.45) is 3.99. The number of benzene rings is 2. The third kappa shape index (κ3) is 4.02. The average molecular weight is 385 g/mol. The summed E-state index contributed by atoms with van der Waals surface area (Å²) in [5.41, 5.74) is 1.80. The van der Waals surface area contributed by atoms with Crippen LogP contribution in [0.2, 0.25) is 0 Å². The molecule has 1 fully saturated rings. The molecule has 0 heterocycles. The van der Waals surface area contributed by atoms with Gasteiger partial charge in [-0.3, -0.25) is 9.59 Å². The first kappa shape index (κ1) is 17.1. The number of ketones is 2. The van der Waals surface area contributed by atoms with Gasteiger partial charge in [-0.25, -0.2) is 0 Å². The topological polar surface area (TPSA) is 34.1 Å². The molecular formula is C21H21BrO2. The van der Waals surface area contributed by atoms with Crippen molar-refractivity contribution in [1.82, 2.24) is 0 Å². The van der Waals surface area contributed by atoms with Gasteiger partial charge in [-0.15, -0.1) is 0 Å². The Morgan fingerprint density at radius 2 is 1.88 bits per heavy atom. The van der Waals surface area contributed by atoms with E-state index in [4.69, 9.17) is 0 Å². The highest BCUT2D eigenvalue weighted by atomic mass is 79.9. The van der Waals surface area contributed by atoms with E-state index in [0.29, 0.717) is 24.2 Å². The minimum absolute atomic E-state index is 0.0227. The van der Waals surface area contributed by atoms with Gasteiger partial charge in [0.25, 0.3) is 0 Å². The van der Waals surface area contributed by atoms with Crippen LogP contribution in [0.15, 0.2) is 59.1 Å². The Kier molecular flexibility index (Phi) is 5.62. The normalized spacial score (nSPS) is 19.0. The maximum Gasteiger partial charge on any atom is 0.163 e. The molecule has 0 radical (unpaired) electrons. The average Bonchev–Trinajstić information content (AvgIpc) is 2.61. The Bertz CT molecular complexity index is 724. The van der Waals surface area contributed by atoms with Gasteiger partial charge in [0, 0.05) is 34.7 Å². The molecule has 1 aliphatic rings. The minimum atomic E-state index is -0.0303. The lowest BCUT2D eigenvalue weighted by molar-refractivity contribution is -0.125.